The Morgan fingerprint density at radius 3 is 2.75 bits per heavy atom. The number of ether oxygens (including phenoxy) is 1. The summed E-state index contributed by atoms with van der Waals surface area (Å²) in [4.78, 5) is 0. The summed E-state index contributed by atoms with van der Waals surface area (Å²) in [7, 11) is 1.92. The number of hydrogen-bond acceptors (Lipinski definition) is 2. The molecule has 2 atom stereocenters. The number of benzene rings is 2. The maximum absolute atomic E-state index is 13.4. The lowest BCUT2D eigenvalue weighted by Crippen LogP contribution is -2.27. The van der Waals surface area contributed by atoms with Gasteiger partial charge in [-0.2, -0.15) is 0 Å². The first kappa shape index (κ1) is 13.6. The predicted octanol–water partition coefficient (Wildman–Crippen LogP) is 4.37. The molecule has 1 N–H and O–H groups in total. The minimum atomic E-state index is -0.272. The molecule has 2 aromatic rings. The fraction of sp³-hybridized carbons (Fsp3) is 0.250. The Labute approximate surface area is 126 Å². The SMILES string of the molecule is CNC1CC(c2ccccc2Br)Oc2cc(F)ccc21. The lowest BCUT2D eigenvalue weighted by molar-refractivity contribution is 0.152. The summed E-state index contributed by atoms with van der Waals surface area (Å²) in [5.41, 5.74) is 2.10. The molecule has 0 radical (unpaired) electrons. The number of nitrogens with one attached hydrogen (secondary N) is 1. The van der Waals surface area contributed by atoms with Crippen LogP contribution in [0.1, 0.15) is 29.7 Å². The molecular formula is C16H15BrFNO. The first-order valence-electron chi connectivity index (χ1n) is 6.57. The van der Waals surface area contributed by atoms with Crippen LogP contribution in [0.5, 0.6) is 5.75 Å². The van der Waals surface area contributed by atoms with Crippen molar-refractivity contribution in [2.45, 2.75) is 18.6 Å². The number of rotatable bonds is 2. The van der Waals surface area contributed by atoms with E-state index >= 15 is 0 Å². The summed E-state index contributed by atoms with van der Waals surface area (Å²) in [6.07, 6.45) is 0.731. The van der Waals surface area contributed by atoms with E-state index in [2.05, 4.69) is 21.2 Å². The molecule has 1 heterocycles. The second kappa shape index (κ2) is 5.54. The zero-order valence-electron chi connectivity index (χ0n) is 11.1. The molecule has 2 nitrogen and oxygen atoms in total. The van der Waals surface area contributed by atoms with Crippen LogP contribution in [-0.4, -0.2) is 7.05 Å². The first-order valence-corrected chi connectivity index (χ1v) is 7.36. The van der Waals surface area contributed by atoms with Gasteiger partial charge < -0.3 is 10.1 Å². The lowest BCUT2D eigenvalue weighted by atomic mass is 9.93. The fourth-order valence-electron chi connectivity index (χ4n) is 2.64. The third-order valence-corrected chi connectivity index (χ3v) is 4.39. The number of hydrogen-bond donors (Lipinski definition) is 1. The van der Waals surface area contributed by atoms with Gasteiger partial charge in [0, 0.05) is 34.1 Å². The van der Waals surface area contributed by atoms with Gasteiger partial charge >= 0.3 is 0 Å². The Kier molecular flexibility index (Phi) is 3.76. The van der Waals surface area contributed by atoms with E-state index in [4.69, 9.17) is 4.74 Å². The molecule has 104 valence electrons. The van der Waals surface area contributed by atoms with Crippen molar-refractivity contribution in [3.8, 4) is 5.75 Å². The van der Waals surface area contributed by atoms with Gasteiger partial charge in [0.2, 0.25) is 0 Å². The Hall–Kier alpha value is -1.39. The highest BCUT2D eigenvalue weighted by molar-refractivity contribution is 9.10. The van der Waals surface area contributed by atoms with Crippen LogP contribution in [0.2, 0.25) is 0 Å². The zero-order chi connectivity index (χ0) is 14.1. The van der Waals surface area contributed by atoms with Crippen LogP contribution < -0.4 is 10.1 Å². The van der Waals surface area contributed by atoms with Crippen molar-refractivity contribution < 1.29 is 9.13 Å². The van der Waals surface area contributed by atoms with Gasteiger partial charge in [0.1, 0.15) is 17.7 Å². The van der Waals surface area contributed by atoms with Crippen molar-refractivity contribution in [3.63, 3.8) is 0 Å². The van der Waals surface area contributed by atoms with Crippen molar-refractivity contribution >= 4 is 15.9 Å². The quantitative estimate of drug-likeness (QED) is 0.879. The fourth-order valence-corrected chi connectivity index (χ4v) is 3.18. The largest absolute Gasteiger partial charge is 0.485 e. The van der Waals surface area contributed by atoms with E-state index in [0.29, 0.717) is 5.75 Å². The second-order valence-electron chi connectivity index (χ2n) is 4.89. The van der Waals surface area contributed by atoms with Gasteiger partial charge in [-0.25, -0.2) is 4.39 Å². The van der Waals surface area contributed by atoms with Crippen molar-refractivity contribution in [2.24, 2.45) is 0 Å². The Bertz CT molecular complexity index is 632. The Morgan fingerprint density at radius 1 is 1.20 bits per heavy atom. The molecule has 4 heteroatoms. The van der Waals surface area contributed by atoms with E-state index < -0.39 is 0 Å². The Morgan fingerprint density at radius 2 is 2.00 bits per heavy atom. The van der Waals surface area contributed by atoms with Crippen LogP contribution in [0.25, 0.3) is 0 Å². The molecule has 0 aromatic heterocycles. The average Bonchev–Trinajstić information content (AvgIpc) is 2.46. The van der Waals surface area contributed by atoms with Gasteiger partial charge in [-0.3, -0.25) is 0 Å². The summed E-state index contributed by atoms with van der Waals surface area (Å²) >= 11 is 3.55. The third kappa shape index (κ3) is 2.45. The van der Waals surface area contributed by atoms with Gasteiger partial charge in [0.05, 0.1) is 0 Å². The summed E-state index contributed by atoms with van der Waals surface area (Å²) in [5, 5.41) is 3.28. The highest BCUT2D eigenvalue weighted by Crippen LogP contribution is 2.42. The summed E-state index contributed by atoms with van der Waals surface area (Å²) in [6, 6.07) is 12.9. The predicted molar refractivity (Wildman–Crippen MR) is 80.3 cm³/mol. The van der Waals surface area contributed by atoms with E-state index in [1.807, 2.05) is 31.3 Å². The van der Waals surface area contributed by atoms with E-state index in [1.54, 1.807) is 6.07 Å². The standard InChI is InChI=1S/C16H15BrFNO/c1-19-14-9-16(11-4-2-3-5-13(11)17)20-15-8-10(18)6-7-12(14)15/h2-8,14,16,19H,9H2,1H3. The van der Waals surface area contributed by atoms with Gasteiger partial charge in [0.15, 0.2) is 0 Å². The summed E-state index contributed by atoms with van der Waals surface area (Å²) in [6.45, 7) is 0. The lowest BCUT2D eigenvalue weighted by Gasteiger charge is -2.32. The maximum atomic E-state index is 13.4. The molecule has 0 saturated heterocycles. The molecule has 0 amide bonds. The zero-order valence-corrected chi connectivity index (χ0v) is 12.7. The van der Waals surface area contributed by atoms with Crippen LogP contribution in [0.4, 0.5) is 4.39 Å². The highest BCUT2D eigenvalue weighted by Gasteiger charge is 2.29. The molecule has 0 aliphatic carbocycles. The molecular weight excluding hydrogens is 321 g/mol. The smallest absolute Gasteiger partial charge is 0.127 e. The monoisotopic (exact) mass is 335 g/mol. The van der Waals surface area contributed by atoms with Crippen LogP contribution in [0, 0.1) is 5.82 Å². The van der Waals surface area contributed by atoms with E-state index in [1.165, 1.54) is 12.1 Å². The Balaban J connectivity index is 2.00. The normalized spacial score (nSPS) is 21.1. The van der Waals surface area contributed by atoms with Crippen molar-refractivity contribution in [2.75, 3.05) is 7.05 Å². The molecule has 0 saturated carbocycles. The minimum absolute atomic E-state index is 0.0858. The van der Waals surface area contributed by atoms with E-state index in [0.717, 1.165) is 22.0 Å². The van der Waals surface area contributed by atoms with Gasteiger partial charge in [0.25, 0.3) is 0 Å². The summed E-state index contributed by atoms with van der Waals surface area (Å²) < 4.78 is 20.4. The minimum Gasteiger partial charge on any atom is -0.485 e. The first-order chi connectivity index (χ1) is 9.69. The molecule has 20 heavy (non-hydrogen) atoms. The van der Waals surface area contributed by atoms with Crippen molar-refractivity contribution in [3.05, 3.63) is 63.9 Å². The van der Waals surface area contributed by atoms with Gasteiger partial charge in [-0.15, -0.1) is 0 Å². The molecule has 1 aliphatic rings. The van der Waals surface area contributed by atoms with Gasteiger partial charge in [-0.1, -0.05) is 40.2 Å². The third-order valence-electron chi connectivity index (χ3n) is 3.67. The molecule has 0 spiro atoms. The van der Waals surface area contributed by atoms with E-state index in [9.17, 15) is 4.39 Å². The molecule has 0 fully saturated rings. The molecule has 3 rings (SSSR count). The van der Waals surface area contributed by atoms with Gasteiger partial charge in [-0.05, 0) is 19.2 Å². The van der Waals surface area contributed by atoms with Crippen LogP contribution >= 0.6 is 15.9 Å². The van der Waals surface area contributed by atoms with Crippen molar-refractivity contribution in [1.29, 1.82) is 0 Å². The van der Waals surface area contributed by atoms with Crippen LogP contribution in [0.3, 0.4) is 0 Å². The van der Waals surface area contributed by atoms with Crippen LogP contribution in [0.15, 0.2) is 46.9 Å². The maximum Gasteiger partial charge on any atom is 0.127 e. The summed E-state index contributed by atoms with van der Waals surface area (Å²) in [5.74, 6) is 0.350. The highest BCUT2D eigenvalue weighted by atomic mass is 79.9. The topological polar surface area (TPSA) is 21.3 Å². The molecule has 2 aromatic carbocycles. The number of halogens is 2. The van der Waals surface area contributed by atoms with Crippen LogP contribution in [-0.2, 0) is 0 Å². The van der Waals surface area contributed by atoms with E-state index in [-0.39, 0.29) is 18.0 Å². The molecule has 0 bridgehead atoms. The second-order valence-corrected chi connectivity index (χ2v) is 5.74. The average molecular weight is 336 g/mol. The number of fused-ring (bicyclic) bond motifs is 1. The molecule has 2 unspecified atom stereocenters. The molecule has 1 aliphatic heterocycles. The van der Waals surface area contributed by atoms with Crippen molar-refractivity contribution in [1.82, 2.24) is 5.32 Å².